The molecule has 1 fully saturated rings. The van der Waals surface area contributed by atoms with Gasteiger partial charge in [0.15, 0.2) is 0 Å². The van der Waals surface area contributed by atoms with Gasteiger partial charge < -0.3 is 10.0 Å². The third-order valence-electron chi connectivity index (χ3n) is 5.13. The fourth-order valence-corrected chi connectivity index (χ4v) is 3.72. The fourth-order valence-electron chi connectivity index (χ4n) is 3.72. The number of amides is 1. The van der Waals surface area contributed by atoms with Crippen LogP contribution in [0.5, 0.6) is 0 Å². The molecule has 2 aromatic carbocycles. The monoisotopic (exact) mass is 321 g/mol. The summed E-state index contributed by atoms with van der Waals surface area (Å²) in [6.45, 7) is 1.18. The van der Waals surface area contributed by atoms with Crippen molar-refractivity contribution in [2.24, 2.45) is 11.8 Å². The van der Waals surface area contributed by atoms with Crippen molar-refractivity contribution in [3.05, 3.63) is 71.3 Å². The van der Waals surface area contributed by atoms with E-state index in [4.69, 9.17) is 5.11 Å². The Morgan fingerprint density at radius 3 is 2.38 bits per heavy atom. The number of carboxylic acids is 1. The standard InChI is InChI=1S/C20H19NO3/c22-19(16-10-17(16)20(23)24)21-11-14-8-4-5-9-15(14)18(12-21)13-6-2-1-3-7-13/h1-9,16-18H,10-12H2,(H,23,24). The number of nitrogens with zero attached hydrogens (tertiary/aromatic N) is 1. The normalized spacial score (nSPS) is 25.0. The van der Waals surface area contributed by atoms with Crippen LogP contribution in [-0.4, -0.2) is 28.4 Å². The van der Waals surface area contributed by atoms with E-state index in [-0.39, 0.29) is 17.7 Å². The molecule has 4 rings (SSSR count). The van der Waals surface area contributed by atoms with E-state index in [9.17, 15) is 9.59 Å². The highest BCUT2D eigenvalue weighted by atomic mass is 16.4. The lowest BCUT2D eigenvalue weighted by molar-refractivity contribution is -0.142. The second kappa shape index (κ2) is 5.78. The molecule has 24 heavy (non-hydrogen) atoms. The predicted molar refractivity (Wildman–Crippen MR) is 89.4 cm³/mol. The second-order valence-electron chi connectivity index (χ2n) is 6.67. The van der Waals surface area contributed by atoms with Gasteiger partial charge in [-0.1, -0.05) is 54.6 Å². The molecule has 1 heterocycles. The predicted octanol–water partition coefficient (Wildman–Crippen LogP) is 2.88. The summed E-state index contributed by atoms with van der Waals surface area (Å²) in [5.41, 5.74) is 3.60. The Hall–Kier alpha value is -2.62. The van der Waals surface area contributed by atoms with Gasteiger partial charge in [-0.3, -0.25) is 9.59 Å². The molecule has 0 aromatic heterocycles. The Kier molecular flexibility index (Phi) is 3.60. The maximum absolute atomic E-state index is 12.7. The lowest BCUT2D eigenvalue weighted by Crippen LogP contribution is -2.40. The third kappa shape index (κ3) is 2.58. The van der Waals surface area contributed by atoms with Gasteiger partial charge in [-0.15, -0.1) is 0 Å². The number of hydrogen-bond donors (Lipinski definition) is 1. The molecule has 1 amide bonds. The van der Waals surface area contributed by atoms with Crippen LogP contribution in [-0.2, 0) is 16.1 Å². The molecule has 2 aromatic rings. The lowest BCUT2D eigenvalue weighted by atomic mass is 9.84. The number of fused-ring (bicyclic) bond motifs is 1. The number of hydrogen-bond acceptors (Lipinski definition) is 2. The molecule has 3 unspecified atom stereocenters. The van der Waals surface area contributed by atoms with Crippen molar-refractivity contribution in [1.29, 1.82) is 0 Å². The van der Waals surface area contributed by atoms with E-state index in [0.29, 0.717) is 19.5 Å². The molecule has 1 saturated carbocycles. The minimum absolute atomic E-state index is 0.0159. The molecule has 1 N–H and O–H groups in total. The number of carbonyl (C=O) groups is 2. The van der Waals surface area contributed by atoms with Crippen LogP contribution in [0.3, 0.4) is 0 Å². The van der Waals surface area contributed by atoms with Gasteiger partial charge in [0, 0.05) is 19.0 Å². The Bertz CT molecular complexity index is 786. The molecule has 2 aliphatic rings. The molecule has 1 aliphatic heterocycles. The average Bonchev–Trinajstić information content (AvgIpc) is 3.42. The zero-order valence-electron chi connectivity index (χ0n) is 13.3. The van der Waals surface area contributed by atoms with Gasteiger partial charge in [0.25, 0.3) is 0 Å². The highest BCUT2D eigenvalue weighted by Gasteiger charge is 2.50. The number of rotatable bonds is 3. The number of aliphatic carboxylic acids is 1. The lowest BCUT2D eigenvalue weighted by Gasteiger charge is -2.35. The molecule has 122 valence electrons. The van der Waals surface area contributed by atoms with Crippen molar-refractivity contribution >= 4 is 11.9 Å². The Morgan fingerprint density at radius 1 is 0.958 bits per heavy atom. The first-order chi connectivity index (χ1) is 11.6. The van der Waals surface area contributed by atoms with E-state index in [0.717, 1.165) is 5.56 Å². The van der Waals surface area contributed by atoms with Crippen molar-refractivity contribution < 1.29 is 14.7 Å². The summed E-state index contributed by atoms with van der Waals surface area (Å²) in [6, 6.07) is 18.4. The number of benzene rings is 2. The highest BCUT2D eigenvalue weighted by Crippen LogP contribution is 2.42. The van der Waals surface area contributed by atoms with Crippen molar-refractivity contribution in [1.82, 2.24) is 4.90 Å². The Balaban J connectivity index is 1.64. The second-order valence-corrected chi connectivity index (χ2v) is 6.67. The van der Waals surface area contributed by atoms with Crippen molar-refractivity contribution in [3.63, 3.8) is 0 Å². The van der Waals surface area contributed by atoms with E-state index >= 15 is 0 Å². The first kappa shape index (κ1) is 14.9. The summed E-state index contributed by atoms with van der Waals surface area (Å²) in [5.74, 6) is -1.57. The summed E-state index contributed by atoms with van der Waals surface area (Å²) in [7, 11) is 0. The zero-order valence-corrected chi connectivity index (χ0v) is 13.3. The number of carboxylic acid groups (broad SMARTS) is 1. The highest BCUT2D eigenvalue weighted by molar-refractivity contribution is 5.89. The molecule has 4 heteroatoms. The molecule has 1 aliphatic carbocycles. The first-order valence-electron chi connectivity index (χ1n) is 8.29. The van der Waals surface area contributed by atoms with Gasteiger partial charge in [0.05, 0.1) is 11.8 Å². The average molecular weight is 321 g/mol. The molecule has 3 atom stereocenters. The minimum Gasteiger partial charge on any atom is -0.481 e. The molecule has 0 bridgehead atoms. The van der Waals surface area contributed by atoms with Gasteiger partial charge in [0.2, 0.25) is 5.91 Å². The van der Waals surface area contributed by atoms with E-state index in [2.05, 4.69) is 24.3 Å². The zero-order chi connectivity index (χ0) is 16.7. The van der Waals surface area contributed by atoms with E-state index in [1.807, 2.05) is 35.2 Å². The van der Waals surface area contributed by atoms with Gasteiger partial charge in [-0.05, 0) is 23.1 Å². The molecular weight excluding hydrogens is 302 g/mol. The van der Waals surface area contributed by atoms with Crippen LogP contribution in [0.4, 0.5) is 0 Å². The van der Waals surface area contributed by atoms with Crippen LogP contribution >= 0.6 is 0 Å². The topological polar surface area (TPSA) is 57.6 Å². The van der Waals surface area contributed by atoms with Crippen molar-refractivity contribution in [3.8, 4) is 0 Å². The summed E-state index contributed by atoms with van der Waals surface area (Å²) in [5, 5.41) is 9.09. The fraction of sp³-hybridized carbons (Fsp3) is 0.300. The Morgan fingerprint density at radius 2 is 1.67 bits per heavy atom. The first-order valence-corrected chi connectivity index (χ1v) is 8.29. The van der Waals surface area contributed by atoms with Gasteiger partial charge >= 0.3 is 5.97 Å². The Labute approximate surface area is 140 Å². The van der Waals surface area contributed by atoms with Gasteiger partial charge in [-0.2, -0.15) is 0 Å². The SMILES string of the molecule is O=C(O)C1CC1C(=O)N1Cc2ccccc2C(c2ccccc2)C1. The summed E-state index contributed by atoms with van der Waals surface area (Å²) in [6.07, 6.45) is 0.475. The maximum atomic E-state index is 12.7. The number of carbonyl (C=O) groups excluding carboxylic acids is 1. The molecule has 0 spiro atoms. The van der Waals surface area contributed by atoms with E-state index < -0.39 is 11.9 Å². The van der Waals surface area contributed by atoms with Crippen LogP contribution in [0.15, 0.2) is 54.6 Å². The van der Waals surface area contributed by atoms with E-state index in [1.54, 1.807) is 0 Å². The van der Waals surface area contributed by atoms with Crippen molar-refractivity contribution in [2.75, 3.05) is 6.54 Å². The van der Waals surface area contributed by atoms with Crippen LogP contribution in [0.25, 0.3) is 0 Å². The molecular formula is C20H19NO3. The smallest absolute Gasteiger partial charge is 0.307 e. The van der Waals surface area contributed by atoms with Crippen LogP contribution in [0.1, 0.15) is 29.0 Å². The van der Waals surface area contributed by atoms with Crippen LogP contribution < -0.4 is 0 Å². The quantitative estimate of drug-likeness (QED) is 0.946. The maximum Gasteiger partial charge on any atom is 0.307 e. The minimum atomic E-state index is -0.856. The third-order valence-corrected chi connectivity index (χ3v) is 5.13. The summed E-state index contributed by atoms with van der Waals surface area (Å²) < 4.78 is 0. The summed E-state index contributed by atoms with van der Waals surface area (Å²) in [4.78, 5) is 25.6. The van der Waals surface area contributed by atoms with E-state index in [1.165, 1.54) is 11.1 Å². The van der Waals surface area contributed by atoms with Gasteiger partial charge in [-0.25, -0.2) is 0 Å². The molecule has 4 nitrogen and oxygen atoms in total. The largest absolute Gasteiger partial charge is 0.481 e. The van der Waals surface area contributed by atoms with Crippen LogP contribution in [0, 0.1) is 11.8 Å². The molecule has 0 saturated heterocycles. The van der Waals surface area contributed by atoms with Gasteiger partial charge in [0.1, 0.15) is 0 Å². The molecule has 0 radical (unpaired) electrons. The van der Waals surface area contributed by atoms with Crippen LogP contribution in [0.2, 0.25) is 0 Å². The van der Waals surface area contributed by atoms with Crippen molar-refractivity contribution in [2.45, 2.75) is 18.9 Å². The summed E-state index contributed by atoms with van der Waals surface area (Å²) >= 11 is 0.